The van der Waals surface area contributed by atoms with E-state index in [0.717, 1.165) is 66.7 Å². The maximum atomic E-state index is 13.1. The third-order valence-electron chi connectivity index (χ3n) is 8.51. The van der Waals surface area contributed by atoms with E-state index in [1.165, 1.54) is 6.07 Å². The Morgan fingerprint density at radius 2 is 1.42 bits per heavy atom. The predicted octanol–water partition coefficient (Wildman–Crippen LogP) is 10.6. The molecule has 5 nitrogen and oxygen atoms in total. The van der Waals surface area contributed by atoms with Crippen molar-refractivity contribution in [2.24, 2.45) is 10.8 Å². The second kappa shape index (κ2) is 17.0. The third-order valence-corrected chi connectivity index (χ3v) is 8.51. The van der Waals surface area contributed by atoms with Crippen LogP contribution >= 0.6 is 0 Å². The molecule has 1 heterocycles. The first-order valence-electron chi connectivity index (χ1n) is 17.2. The molecule has 1 N–H and O–H groups in total. The maximum Gasteiger partial charge on any atom is 0.417 e. The van der Waals surface area contributed by atoms with E-state index in [2.05, 4.69) is 77.2 Å². The van der Waals surface area contributed by atoms with Crippen LogP contribution in [0.25, 0.3) is 0 Å². The van der Waals surface area contributed by atoms with E-state index < -0.39 is 11.7 Å². The van der Waals surface area contributed by atoms with Crippen LogP contribution in [-0.4, -0.2) is 19.1 Å². The summed E-state index contributed by atoms with van der Waals surface area (Å²) in [4.78, 5) is 2.04. The summed E-state index contributed by atoms with van der Waals surface area (Å²) in [5, 5.41) is 12.4. The van der Waals surface area contributed by atoms with Crippen molar-refractivity contribution >= 4 is 5.69 Å². The molecule has 1 atom stereocenters. The van der Waals surface area contributed by atoms with Gasteiger partial charge >= 0.3 is 6.18 Å². The van der Waals surface area contributed by atoms with Crippen molar-refractivity contribution in [3.8, 4) is 17.6 Å². The fraction of sp³-hybridized carbons (Fsp3) is 0.405. The number of halogens is 3. The molecule has 4 aromatic carbocycles. The van der Waals surface area contributed by atoms with Crippen LogP contribution in [0.15, 0.2) is 97.1 Å². The molecule has 5 rings (SSSR count). The minimum atomic E-state index is -4.50. The van der Waals surface area contributed by atoms with Crippen molar-refractivity contribution in [3.63, 3.8) is 0 Å². The molecular formula is C42H50F3N3O2. The van der Waals surface area contributed by atoms with Gasteiger partial charge in [-0.05, 0) is 59.1 Å². The van der Waals surface area contributed by atoms with Gasteiger partial charge in [-0.1, -0.05) is 108 Å². The van der Waals surface area contributed by atoms with E-state index >= 15 is 0 Å². The summed E-state index contributed by atoms with van der Waals surface area (Å²) in [6.07, 6.45) is -2.55. The van der Waals surface area contributed by atoms with Crippen LogP contribution in [0.4, 0.5) is 18.9 Å². The Balaban J connectivity index is 0.000000237. The van der Waals surface area contributed by atoms with Crippen LogP contribution in [0, 0.1) is 22.2 Å². The minimum absolute atomic E-state index is 0.00277. The van der Waals surface area contributed by atoms with Gasteiger partial charge in [-0.3, -0.25) is 0 Å². The quantitative estimate of drug-likeness (QED) is 0.180. The second-order valence-corrected chi connectivity index (χ2v) is 15.0. The highest BCUT2D eigenvalue weighted by Crippen LogP contribution is 2.39. The van der Waals surface area contributed by atoms with Crippen molar-refractivity contribution in [1.82, 2.24) is 5.32 Å². The van der Waals surface area contributed by atoms with Crippen LogP contribution in [0.2, 0.25) is 0 Å². The van der Waals surface area contributed by atoms with Crippen molar-refractivity contribution in [3.05, 3.63) is 125 Å². The summed E-state index contributed by atoms with van der Waals surface area (Å²) in [5.74, 6) is 1.68. The van der Waals surface area contributed by atoms with Crippen molar-refractivity contribution in [1.29, 1.82) is 5.26 Å². The standard InChI is InChI=1S/C26H31NO2.C16H19F3N2/c1-26(2,3)20-27-17-23-14-15-24(28-18-21-10-6-4-7-11-21)16-25(23)29-19-22-12-8-5-9-13-22;1-15(2,3)14-5-4-8-21(14)12-7-6-11(10-20)13(9-12)16(17,18)19/h4-16,27H,17-20H2,1-3H3;6-7,9,14H,4-5,8H2,1-3H3. The topological polar surface area (TPSA) is 57.5 Å². The molecule has 50 heavy (non-hydrogen) atoms. The maximum absolute atomic E-state index is 13.1. The van der Waals surface area contributed by atoms with Gasteiger partial charge in [0.1, 0.15) is 24.7 Å². The highest BCUT2D eigenvalue weighted by Gasteiger charge is 2.37. The Morgan fingerprint density at radius 1 is 0.800 bits per heavy atom. The lowest BCUT2D eigenvalue weighted by Crippen LogP contribution is -2.39. The zero-order chi connectivity index (χ0) is 36.4. The van der Waals surface area contributed by atoms with Crippen molar-refractivity contribution < 1.29 is 22.6 Å². The Kier molecular flexibility index (Phi) is 13.0. The first-order chi connectivity index (χ1) is 23.6. The van der Waals surface area contributed by atoms with Gasteiger partial charge in [0.2, 0.25) is 0 Å². The number of alkyl halides is 3. The van der Waals surface area contributed by atoms with E-state index in [1.54, 1.807) is 12.1 Å². The molecule has 0 radical (unpaired) electrons. The van der Waals surface area contributed by atoms with Gasteiger partial charge in [0.15, 0.2) is 0 Å². The number of benzene rings is 4. The van der Waals surface area contributed by atoms with Gasteiger partial charge in [0, 0.05) is 43.0 Å². The van der Waals surface area contributed by atoms with Crippen molar-refractivity contribution in [2.45, 2.75) is 86.4 Å². The number of nitriles is 1. The Hall–Kier alpha value is -4.48. The van der Waals surface area contributed by atoms with E-state index in [-0.39, 0.29) is 22.4 Å². The number of anilines is 1. The SMILES string of the molecule is CC(C)(C)C1CCCN1c1ccc(C#N)c(C(F)(F)F)c1.CC(C)(C)CNCc1ccc(OCc2ccccc2)cc1OCc1ccccc1. The normalized spacial score (nSPS) is 14.8. The van der Waals surface area contributed by atoms with Gasteiger partial charge in [-0.25, -0.2) is 0 Å². The molecule has 8 heteroatoms. The fourth-order valence-corrected chi connectivity index (χ4v) is 5.97. The molecule has 1 aliphatic heterocycles. The smallest absolute Gasteiger partial charge is 0.417 e. The van der Waals surface area contributed by atoms with Gasteiger partial charge in [0.25, 0.3) is 0 Å². The van der Waals surface area contributed by atoms with Crippen LogP contribution in [0.1, 0.15) is 82.2 Å². The summed E-state index contributed by atoms with van der Waals surface area (Å²) in [6.45, 7) is 16.5. The first-order valence-corrected chi connectivity index (χ1v) is 17.2. The number of hydrogen-bond donors (Lipinski definition) is 1. The van der Waals surface area contributed by atoms with Crippen LogP contribution in [0.5, 0.6) is 11.5 Å². The zero-order valence-corrected chi connectivity index (χ0v) is 30.1. The average molecular weight is 686 g/mol. The number of rotatable bonds is 10. The molecule has 1 fully saturated rings. The summed E-state index contributed by atoms with van der Waals surface area (Å²) < 4.78 is 51.4. The molecule has 0 spiro atoms. The van der Waals surface area contributed by atoms with Gasteiger partial charge < -0.3 is 19.7 Å². The lowest BCUT2D eigenvalue weighted by molar-refractivity contribution is -0.137. The van der Waals surface area contributed by atoms with Gasteiger partial charge in [-0.15, -0.1) is 0 Å². The molecule has 4 aromatic rings. The number of ether oxygens (including phenoxy) is 2. The number of hydrogen-bond acceptors (Lipinski definition) is 5. The summed E-state index contributed by atoms with van der Waals surface area (Å²) in [6, 6.07) is 32.4. The molecule has 0 bridgehead atoms. The molecule has 0 saturated carbocycles. The third kappa shape index (κ3) is 11.6. The fourth-order valence-electron chi connectivity index (χ4n) is 5.97. The summed E-state index contributed by atoms with van der Waals surface area (Å²) >= 11 is 0. The summed E-state index contributed by atoms with van der Waals surface area (Å²) in [5.41, 5.74) is 3.06. The van der Waals surface area contributed by atoms with E-state index in [1.807, 2.05) is 53.4 Å². The lowest BCUT2D eigenvalue weighted by Gasteiger charge is -2.36. The molecule has 1 aliphatic rings. The van der Waals surface area contributed by atoms with Crippen molar-refractivity contribution in [2.75, 3.05) is 18.0 Å². The second-order valence-electron chi connectivity index (χ2n) is 15.0. The molecule has 1 unspecified atom stereocenters. The zero-order valence-electron chi connectivity index (χ0n) is 30.1. The van der Waals surface area contributed by atoms with Gasteiger partial charge in [-0.2, -0.15) is 18.4 Å². The number of nitrogens with one attached hydrogen (secondary N) is 1. The van der Waals surface area contributed by atoms with Crippen LogP contribution in [0.3, 0.4) is 0 Å². The molecule has 1 saturated heterocycles. The van der Waals surface area contributed by atoms with Crippen LogP contribution in [-0.2, 0) is 25.9 Å². The molecule has 0 aliphatic carbocycles. The Bertz CT molecular complexity index is 1690. The largest absolute Gasteiger partial charge is 0.489 e. The number of nitrogens with zero attached hydrogens (tertiary/aromatic N) is 2. The highest BCUT2D eigenvalue weighted by atomic mass is 19.4. The van der Waals surface area contributed by atoms with E-state index in [0.29, 0.717) is 18.9 Å². The molecule has 0 amide bonds. The predicted molar refractivity (Wildman–Crippen MR) is 195 cm³/mol. The monoisotopic (exact) mass is 685 g/mol. The Labute approximate surface area is 296 Å². The average Bonchev–Trinajstić information content (AvgIpc) is 3.58. The van der Waals surface area contributed by atoms with Crippen LogP contribution < -0.4 is 19.7 Å². The Morgan fingerprint density at radius 3 is 1.98 bits per heavy atom. The lowest BCUT2D eigenvalue weighted by atomic mass is 9.85. The molecular weight excluding hydrogens is 635 g/mol. The highest BCUT2D eigenvalue weighted by molar-refractivity contribution is 5.56. The van der Waals surface area contributed by atoms with E-state index in [4.69, 9.17) is 14.7 Å². The minimum Gasteiger partial charge on any atom is -0.489 e. The summed E-state index contributed by atoms with van der Waals surface area (Å²) in [7, 11) is 0. The molecule has 0 aromatic heterocycles. The van der Waals surface area contributed by atoms with Gasteiger partial charge in [0.05, 0.1) is 17.2 Å². The van der Waals surface area contributed by atoms with E-state index in [9.17, 15) is 13.2 Å². The first kappa shape index (κ1) is 38.3. The molecule has 266 valence electrons.